The van der Waals surface area contributed by atoms with Gasteiger partial charge in [0, 0.05) is 28.0 Å². The molecule has 0 radical (unpaired) electrons. The zero-order valence-electron chi connectivity index (χ0n) is 21.3. The van der Waals surface area contributed by atoms with Crippen LogP contribution in [0.25, 0.3) is 10.9 Å². The Kier molecular flexibility index (Phi) is 6.29. The topological polar surface area (TPSA) is 93.0 Å². The van der Waals surface area contributed by atoms with E-state index in [0.29, 0.717) is 29.2 Å². The summed E-state index contributed by atoms with van der Waals surface area (Å²) in [5.41, 5.74) is 5.95. The van der Waals surface area contributed by atoms with E-state index in [1.54, 1.807) is 20.4 Å². The van der Waals surface area contributed by atoms with Crippen molar-refractivity contribution in [3.8, 4) is 11.5 Å². The number of aliphatic hydroxyl groups is 1. The van der Waals surface area contributed by atoms with Gasteiger partial charge in [0.15, 0.2) is 11.5 Å². The Hall–Kier alpha value is -4.23. The first-order valence-electron chi connectivity index (χ1n) is 12.8. The molecular weight excluding hydrogens is 478 g/mol. The van der Waals surface area contributed by atoms with Crippen LogP contribution in [0.15, 0.2) is 77.9 Å². The van der Waals surface area contributed by atoms with Gasteiger partial charge in [0.1, 0.15) is 0 Å². The van der Waals surface area contributed by atoms with E-state index < -0.39 is 0 Å². The molecule has 2 heterocycles. The summed E-state index contributed by atoms with van der Waals surface area (Å²) in [6, 6.07) is 21.3. The first kappa shape index (κ1) is 24.1. The summed E-state index contributed by atoms with van der Waals surface area (Å²) < 4.78 is 11.2. The molecule has 3 unspecified atom stereocenters. The van der Waals surface area contributed by atoms with Crippen LogP contribution in [0, 0.1) is 0 Å². The number of hydrogen-bond acceptors (Lipinski definition) is 6. The largest absolute Gasteiger partial charge is 0.493 e. The maximum absolute atomic E-state index is 13.0. The summed E-state index contributed by atoms with van der Waals surface area (Å²) in [5, 5.41) is 14.3. The third-order valence-corrected chi connectivity index (χ3v) is 7.56. The van der Waals surface area contributed by atoms with E-state index in [2.05, 4.69) is 10.3 Å². The van der Waals surface area contributed by atoms with Crippen molar-refractivity contribution >= 4 is 28.2 Å². The Balaban J connectivity index is 1.31. The number of para-hydroxylation sites is 1. The number of aliphatic hydroxyl groups excluding tert-OH is 1. The van der Waals surface area contributed by atoms with Gasteiger partial charge in [-0.3, -0.25) is 14.8 Å². The smallest absolute Gasteiger partial charge is 0.255 e. The lowest BCUT2D eigenvalue weighted by molar-refractivity contribution is 0.102. The van der Waals surface area contributed by atoms with Crippen molar-refractivity contribution in [3.63, 3.8) is 0 Å². The summed E-state index contributed by atoms with van der Waals surface area (Å²) in [4.78, 5) is 22.6. The van der Waals surface area contributed by atoms with E-state index in [-0.39, 0.29) is 24.0 Å². The number of rotatable bonds is 5. The number of nitrogens with one attached hydrogen (secondary N) is 1. The molecule has 3 aromatic carbocycles. The average Bonchev–Trinajstić information content (AvgIpc) is 2.96. The minimum Gasteiger partial charge on any atom is -0.493 e. The van der Waals surface area contributed by atoms with Gasteiger partial charge in [0.2, 0.25) is 0 Å². The van der Waals surface area contributed by atoms with Crippen molar-refractivity contribution in [2.24, 2.45) is 4.99 Å². The highest BCUT2D eigenvalue weighted by Gasteiger charge is 2.37. The molecule has 1 aromatic heterocycles. The molecule has 6 rings (SSSR count). The summed E-state index contributed by atoms with van der Waals surface area (Å²) in [7, 11) is 3.25. The van der Waals surface area contributed by atoms with Gasteiger partial charge in [0.05, 0.1) is 49.5 Å². The standard InChI is InChI=1S/C31H29N3O4/c1-37-28-15-23-24-14-22(35)11-12-27(24)34-30(25(23)16-29(28)38-2)18-7-9-19(10-8-18)31(36)33-21-13-20-5-3-4-6-26(20)32-17-21/h3-10,13,15-17,22,24,27,35H,11-12,14H2,1-2H3,(H,33,36). The predicted octanol–water partition coefficient (Wildman–Crippen LogP) is 5.35. The highest BCUT2D eigenvalue weighted by Crippen LogP contribution is 2.44. The van der Waals surface area contributed by atoms with E-state index >= 15 is 0 Å². The van der Waals surface area contributed by atoms with Crippen LogP contribution >= 0.6 is 0 Å². The number of carbonyl (C=O) groups excluding carboxylic acids is 1. The molecule has 4 aromatic rings. The fourth-order valence-corrected chi connectivity index (χ4v) is 5.62. The van der Waals surface area contributed by atoms with Crippen LogP contribution in [0.4, 0.5) is 5.69 Å². The van der Waals surface area contributed by atoms with E-state index in [4.69, 9.17) is 14.5 Å². The quantitative estimate of drug-likeness (QED) is 0.380. The van der Waals surface area contributed by atoms with Crippen LogP contribution in [0.5, 0.6) is 11.5 Å². The molecule has 38 heavy (non-hydrogen) atoms. The average molecular weight is 508 g/mol. The van der Waals surface area contributed by atoms with E-state index in [1.165, 1.54) is 0 Å². The Labute approximate surface area is 221 Å². The number of benzene rings is 3. The van der Waals surface area contributed by atoms with Crippen molar-refractivity contribution in [2.45, 2.75) is 37.3 Å². The van der Waals surface area contributed by atoms with E-state index in [9.17, 15) is 9.90 Å². The highest BCUT2D eigenvalue weighted by molar-refractivity contribution is 6.15. The molecule has 192 valence electrons. The summed E-state index contributed by atoms with van der Waals surface area (Å²) in [5.74, 6) is 1.22. The minimum atomic E-state index is -0.329. The lowest BCUT2D eigenvalue weighted by atomic mass is 9.74. The molecule has 2 aliphatic rings. The molecule has 1 saturated carbocycles. The fraction of sp³-hybridized carbons (Fsp3) is 0.258. The van der Waals surface area contributed by atoms with Crippen LogP contribution in [0.2, 0.25) is 0 Å². The molecule has 0 saturated heterocycles. The minimum absolute atomic E-state index is 0.0855. The van der Waals surface area contributed by atoms with Crippen LogP contribution < -0.4 is 14.8 Å². The molecule has 7 heteroatoms. The number of methoxy groups -OCH3 is 2. The third-order valence-electron chi connectivity index (χ3n) is 7.56. The molecule has 2 N–H and O–H groups in total. The number of fused-ring (bicyclic) bond motifs is 4. The van der Waals surface area contributed by atoms with Crippen molar-refractivity contribution < 1.29 is 19.4 Å². The molecule has 1 fully saturated rings. The fourth-order valence-electron chi connectivity index (χ4n) is 5.62. The number of hydrogen-bond donors (Lipinski definition) is 2. The molecule has 0 spiro atoms. The molecular formula is C31H29N3O4. The van der Waals surface area contributed by atoms with Crippen LogP contribution in [0.1, 0.15) is 52.2 Å². The van der Waals surface area contributed by atoms with Gasteiger partial charge < -0.3 is 19.9 Å². The second-order valence-corrected chi connectivity index (χ2v) is 9.86. The third kappa shape index (κ3) is 4.39. The van der Waals surface area contributed by atoms with Gasteiger partial charge in [-0.25, -0.2) is 0 Å². The first-order valence-corrected chi connectivity index (χ1v) is 12.8. The molecule has 1 amide bonds. The number of anilines is 1. The number of aliphatic imine (C=N–C) groups is 1. The van der Waals surface area contributed by atoms with Gasteiger partial charge in [-0.15, -0.1) is 0 Å². The number of amides is 1. The molecule has 3 atom stereocenters. The Morgan fingerprint density at radius 3 is 2.53 bits per heavy atom. The van der Waals surface area contributed by atoms with Crippen LogP contribution in [-0.2, 0) is 0 Å². The zero-order chi connectivity index (χ0) is 26.2. The van der Waals surface area contributed by atoms with Crippen molar-refractivity contribution in [1.82, 2.24) is 4.98 Å². The predicted molar refractivity (Wildman–Crippen MR) is 148 cm³/mol. The number of carbonyl (C=O) groups is 1. The monoisotopic (exact) mass is 507 g/mol. The number of nitrogens with zero attached hydrogens (tertiary/aromatic N) is 2. The Bertz CT molecular complexity index is 1550. The Morgan fingerprint density at radius 1 is 0.974 bits per heavy atom. The van der Waals surface area contributed by atoms with E-state index in [0.717, 1.165) is 46.1 Å². The normalized spacial score (nSPS) is 20.2. The van der Waals surface area contributed by atoms with Crippen molar-refractivity contribution in [1.29, 1.82) is 0 Å². The number of aromatic nitrogens is 1. The van der Waals surface area contributed by atoms with Crippen molar-refractivity contribution in [2.75, 3.05) is 19.5 Å². The maximum Gasteiger partial charge on any atom is 0.255 e. The van der Waals surface area contributed by atoms with Crippen LogP contribution in [-0.4, -0.2) is 48.1 Å². The van der Waals surface area contributed by atoms with Gasteiger partial charge in [0.25, 0.3) is 5.91 Å². The van der Waals surface area contributed by atoms with E-state index in [1.807, 2.05) is 66.7 Å². The molecule has 1 aliphatic carbocycles. The summed E-state index contributed by atoms with van der Waals surface area (Å²) >= 11 is 0. The SMILES string of the molecule is COc1cc2c(cc1OC)C1CC(O)CCC1N=C2c1ccc(C(=O)Nc2cnc3ccccc3c2)cc1. The van der Waals surface area contributed by atoms with Gasteiger partial charge in [-0.1, -0.05) is 30.3 Å². The van der Waals surface area contributed by atoms with Gasteiger partial charge in [-0.2, -0.15) is 0 Å². The second-order valence-electron chi connectivity index (χ2n) is 9.86. The van der Waals surface area contributed by atoms with Gasteiger partial charge in [-0.05, 0) is 61.2 Å². The lowest BCUT2D eigenvalue weighted by Crippen LogP contribution is -2.34. The highest BCUT2D eigenvalue weighted by atomic mass is 16.5. The number of pyridine rings is 1. The van der Waals surface area contributed by atoms with Crippen LogP contribution in [0.3, 0.4) is 0 Å². The second kappa shape index (κ2) is 9.91. The lowest BCUT2D eigenvalue weighted by Gasteiger charge is -2.37. The number of ether oxygens (including phenoxy) is 2. The van der Waals surface area contributed by atoms with Gasteiger partial charge >= 0.3 is 0 Å². The van der Waals surface area contributed by atoms with Crippen molar-refractivity contribution in [3.05, 3.63) is 95.2 Å². The zero-order valence-corrected chi connectivity index (χ0v) is 21.3. The molecule has 0 bridgehead atoms. The molecule has 7 nitrogen and oxygen atoms in total. The maximum atomic E-state index is 13.0. The summed E-state index contributed by atoms with van der Waals surface area (Å²) in [6.45, 7) is 0. The molecule has 1 aliphatic heterocycles. The summed E-state index contributed by atoms with van der Waals surface area (Å²) in [6.07, 6.45) is 3.57. The Morgan fingerprint density at radius 2 is 1.74 bits per heavy atom. The first-order chi connectivity index (χ1) is 18.5.